The third kappa shape index (κ3) is 4.69. The predicted molar refractivity (Wildman–Crippen MR) is 102 cm³/mol. The molecule has 10 nitrogen and oxygen atoms in total. The van der Waals surface area contributed by atoms with Crippen LogP contribution in [0, 0.1) is 0 Å². The number of rotatable bonds is 6. The molecule has 0 unspecified atom stereocenters. The molecule has 0 spiro atoms. The van der Waals surface area contributed by atoms with Gasteiger partial charge in [-0.2, -0.15) is 13.2 Å². The number of halogens is 3. The number of hydrogen-bond donors (Lipinski definition) is 3. The smallest absolute Gasteiger partial charge is 0.489 e. The fraction of sp³-hybridized carbons (Fsp3) is 0.188. The van der Waals surface area contributed by atoms with Gasteiger partial charge in [0, 0.05) is 5.56 Å². The Hall–Kier alpha value is -3.01. The van der Waals surface area contributed by atoms with E-state index in [1.807, 2.05) is 0 Å². The topological polar surface area (TPSA) is 153 Å². The summed E-state index contributed by atoms with van der Waals surface area (Å²) in [5, 5.41) is 35.1. The SMILES string of the molecule is COc1ccc(Cn2nnnc2-c2c(B(O)O)ccc(C(F)(F)F)c2S(N)(=O)=O)cc1. The molecule has 31 heavy (non-hydrogen) atoms. The molecule has 0 saturated heterocycles. The van der Waals surface area contributed by atoms with Crippen LogP contribution in [0.5, 0.6) is 5.75 Å². The van der Waals surface area contributed by atoms with Gasteiger partial charge in [0.1, 0.15) is 10.6 Å². The van der Waals surface area contributed by atoms with E-state index in [0.717, 1.165) is 10.7 Å². The van der Waals surface area contributed by atoms with Crippen LogP contribution < -0.4 is 15.3 Å². The highest BCUT2D eigenvalue weighted by Gasteiger charge is 2.41. The molecule has 0 aliphatic heterocycles. The van der Waals surface area contributed by atoms with E-state index >= 15 is 0 Å². The van der Waals surface area contributed by atoms with E-state index < -0.39 is 50.6 Å². The Labute approximate surface area is 174 Å². The molecule has 3 rings (SSSR count). The molecule has 0 radical (unpaired) electrons. The van der Waals surface area contributed by atoms with Crippen molar-refractivity contribution >= 4 is 22.6 Å². The van der Waals surface area contributed by atoms with E-state index in [0.29, 0.717) is 17.4 Å². The van der Waals surface area contributed by atoms with Crippen LogP contribution in [0.4, 0.5) is 13.2 Å². The number of aromatic nitrogens is 4. The Morgan fingerprint density at radius 3 is 2.32 bits per heavy atom. The van der Waals surface area contributed by atoms with Gasteiger partial charge in [0.2, 0.25) is 10.0 Å². The summed E-state index contributed by atoms with van der Waals surface area (Å²) >= 11 is 0. The number of nitrogens with zero attached hydrogens (tertiary/aromatic N) is 4. The molecule has 0 aliphatic rings. The number of primary sulfonamides is 1. The monoisotopic (exact) mass is 457 g/mol. The van der Waals surface area contributed by atoms with Crippen molar-refractivity contribution in [2.75, 3.05) is 7.11 Å². The van der Waals surface area contributed by atoms with Gasteiger partial charge in [-0.15, -0.1) is 5.10 Å². The maximum Gasteiger partial charge on any atom is 0.489 e. The van der Waals surface area contributed by atoms with E-state index in [9.17, 15) is 31.6 Å². The third-order valence-corrected chi connectivity index (χ3v) is 5.30. The summed E-state index contributed by atoms with van der Waals surface area (Å²) in [6.45, 7) is -0.0758. The summed E-state index contributed by atoms with van der Waals surface area (Å²) in [6, 6.07) is 7.65. The van der Waals surface area contributed by atoms with Crippen molar-refractivity contribution in [1.82, 2.24) is 20.2 Å². The molecule has 1 aromatic heterocycles. The predicted octanol–water partition coefficient (Wildman–Crippen LogP) is -0.257. The molecular weight excluding hydrogens is 442 g/mol. The molecule has 3 aromatic rings. The highest BCUT2D eigenvalue weighted by atomic mass is 32.2. The van der Waals surface area contributed by atoms with Crippen molar-refractivity contribution < 1.29 is 36.4 Å². The van der Waals surface area contributed by atoms with Crippen LogP contribution in [0.1, 0.15) is 11.1 Å². The normalized spacial score (nSPS) is 12.1. The Kier molecular flexibility index (Phi) is 6.04. The minimum Gasteiger partial charge on any atom is -0.497 e. The standard InChI is InChI=1S/C16H15BF3N5O5S/c1-30-10-4-2-9(3-5-10)8-25-15(22-23-24-25)13-12(17(26)27)7-6-11(16(18,19)20)14(13)31(21,28)29/h2-7,26-27H,8H2,1H3,(H2,21,28,29). The lowest BCUT2D eigenvalue weighted by molar-refractivity contribution is -0.139. The second kappa shape index (κ2) is 8.26. The number of ether oxygens (including phenoxy) is 1. The highest BCUT2D eigenvalue weighted by Crippen LogP contribution is 2.37. The van der Waals surface area contributed by atoms with Crippen LogP contribution >= 0.6 is 0 Å². The van der Waals surface area contributed by atoms with Crippen molar-refractivity contribution in [2.24, 2.45) is 5.14 Å². The van der Waals surface area contributed by atoms with Gasteiger partial charge in [-0.25, -0.2) is 18.2 Å². The van der Waals surface area contributed by atoms with E-state index in [1.54, 1.807) is 24.3 Å². The first kappa shape index (κ1) is 22.7. The zero-order valence-corrected chi connectivity index (χ0v) is 16.6. The first-order valence-electron chi connectivity index (χ1n) is 8.46. The minimum absolute atomic E-state index is 0.0758. The minimum atomic E-state index is -5.11. The molecule has 15 heteroatoms. The number of benzene rings is 2. The Morgan fingerprint density at radius 2 is 1.81 bits per heavy atom. The van der Waals surface area contributed by atoms with Crippen molar-refractivity contribution in [3.63, 3.8) is 0 Å². The average Bonchev–Trinajstić information content (AvgIpc) is 3.13. The van der Waals surface area contributed by atoms with Gasteiger partial charge >= 0.3 is 13.3 Å². The molecule has 1 heterocycles. The van der Waals surface area contributed by atoms with E-state index in [-0.39, 0.29) is 6.54 Å². The summed E-state index contributed by atoms with van der Waals surface area (Å²) < 4.78 is 71.0. The van der Waals surface area contributed by atoms with Gasteiger partial charge in [0.05, 0.1) is 19.2 Å². The van der Waals surface area contributed by atoms with Crippen molar-refractivity contribution in [3.8, 4) is 17.1 Å². The summed E-state index contributed by atoms with van der Waals surface area (Å²) in [5.41, 5.74) is -2.31. The fourth-order valence-electron chi connectivity index (χ4n) is 2.96. The van der Waals surface area contributed by atoms with E-state index in [2.05, 4.69) is 15.5 Å². The molecule has 2 aromatic carbocycles. The molecule has 4 N–H and O–H groups in total. The lowest BCUT2D eigenvalue weighted by Crippen LogP contribution is -2.35. The second-order valence-electron chi connectivity index (χ2n) is 6.33. The Bertz CT molecular complexity index is 1200. The van der Waals surface area contributed by atoms with Gasteiger partial charge in [-0.1, -0.05) is 18.2 Å². The van der Waals surface area contributed by atoms with Gasteiger partial charge in [0.25, 0.3) is 0 Å². The summed E-state index contributed by atoms with van der Waals surface area (Å²) in [4.78, 5) is -1.36. The van der Waals surface area contributed by atoms with Gasteiger partial charge in [0.15, 0.2) is 5.82 Å². The molecular formula is C16H15BF3N5O5S. The molecule has 164 valence electrons. The summed E-state index contributed by atoms with van der Waals surface area (Å²) in [5.74, 6) is 0.106. The maximum absolute atomic E-state index is 13.5. The number of methoxy groups -OCH3 is 1. The number of sulfonamides is 1. The van der Waals surface area contributed by atoms with Gasteiger partial charge in [-0.3, -0.25) is 0 Å². The fourth-order valence-corrected chi connectivity index (χ4v) is 3.94. The van der Waals surface area contributed by atoms with Crippen LogP contribution in [-0.2, 0) is 22.7 Å². The first-order valence-corrected chi connectivity index (χ1v) is 10.0. The highest BCUT2D eigenvalue weighted by molar-refractivity contribution is 7.89. The average molecular weight is 457 g/mol. The molecule has 0 saturated carbocycles. The van der Waals surface area contributed by atoms with E-state index in [1.165, 1.54) is 7.11 Å². The van der Waals surface area contributed by atoms with Crippen LogP contribution in [0.2, 0.25) is 0 Å². The first-order chi connectivity index (χ1) is 14.4. The van der Waals surface area contributed by atoms with Crippen LogP contribution in [-0.4, -0.2) is 52.9 Å². The maximum atomic E-state index is 13.5. The van der Waals surface area contributed by atoms with Crippen LogP contribution in [0.25, 0.3) is 11.4 Å². The van der Waals surface area contributed by atoms with Crippen molar-refractivity contribution in [2.45, 2.75) is 17.6 Å². The van der Waals surface area contributed by atoms with Crippen molar-refractivity contribution in [3.05, 3.63) is 47.5 Å². The number of hydrogen-bond acceptors (Lipinski definition) is 8. The second-order valence-corrected chi connectivity index (χ2v) is 7.83. The number of tetrazole rings is 1. The lowest BCUT2D eigenvalue weighted by atomic mass is 9.76. The molecule has 0 amide bonds. The van der Waals surface area contributed by atoms with Crippen molar-refractivity contribution in [1.29, 1.82) is 0 Å². The molecule has 0 fully saturated rings. The molecule has 0 aliphatic carbocycles. The largest absolute Gasteiger partial charge is 0.497 e. The quantitative estimate of drug-likeness (QED) is 0.428. The Morgan fingerprint density at radius 1 is 1.16 bits per heavy atom. The molecule has 0 bridgehead atoms. The zero-order chi connectivity index (χ0) is 23.0. The summed E-state index contributed by atoms with van der Waals surface area (Å²) in [7, 11) is -5.85. The Balaban J connectivity index is 2.26. The van der Waals surface area contributed by atoms with Gasteiger partial charge in [-0.05, 0) is 39.7 Å². The summed E-state index contributed by atoms with van der Waals surface area (Å²) in [6.07, 6.45) is -5.11. The zero-order valence-electron chi connectivity index (χ0n) is 15.8. The van der Waals surface area contributed by atoms with Gasteiger partial charge < -0.3 is 14.8 Å². The third-order valence-electron chi connectivity index (χ3n) is 4.30. The van der Waals surface area contributed by atoms with Crippen LogP contribution in [0.15, 0.2) is 41.3 Å². The van der Waals surface area contributed by atoms with Crippen LogP contribution in [0.3, 0.4) is 0 Å². The lowest BCUT2D eigenvalue weighted by Gasteiger charge is -2.18. The number of alkyl halides is 3. The molecule has 0 atom stereocenters. The van der Waals surface area contributed by atoms with E-state index in [4.69, 9.17) is 9.88 Å². The number of nitrogens with two attached hydrogens (primary N) is 1.